The highest BCUT2D eigenvalue weighted by Crippen LogP contribution is 2.32. The summed E-state index contributed by atoms with van der Waals surface area (Å²) in [4.78, 5) is 6.97. The average molecular weight is 502 g/mol. The summed E-state index contributed by atoms with van der Waals surface area (Å²) in [6.07, 6.45) is 4.48. The van der Waals surface area contributed by atoms with E-state index in [-0.39, 0.29) is 24.0 Å². The first-order valence-electron chi connectivity index (χ1n) is 10.2. The summed E-state index contributed by atoms with van der Waals surface area (Å²) in [5.41, 5.74) is 1.30. The molecule has 1 unspecified atom stereocenters. The molecular formula is C21H35IN4O2. The maximum atomic E-state index is 5.77. The second-order valence-electron chi connectivity index (χ2n) is 7.43. The summed E-state index contributed by atoms with van der Waals surface area (Å²) in [5.74, 6) is 2.41. The van der Waals surface area contributed by atoms with Crippen molar-refractivity contribution in [2.24, 2.45) is 4.99 Å². The number of rotatable bonds is 7. The second kappa shape index (κ2) is 12.5. The van der Waals surface area contributed by atoms with Crippen molar-refractivity contribution in [3.8, 4) is 5.75 Å². The van der Waals surface area contributed by atoms with Gasteiger partial charge in [0.2, 0.25) is 0 Å². The molecule has 2 aliphatic heterocycles. The average Bonchev–Trinajstić information content (AvgIpc) is 2.72. The number of ether oxygens (including phenoxy) is 2. The molecule has 2 heterocycles. The minimum absolute atomic E-state index is 0. The molecule has 1 saturated heterocycles. The second-order valence-corrected chi connectivity index (χ2v) is 7.43. The number of aliphatic imine (C=N–C) groups is 1. The van der Waals surface area contributed by atoms with E-state index in [1.54, 1.807) is 7.11 Å². The van der Waals surface area contributed by atoms with Gasteiger partial charge in [-0.25, -0.2) is 0 Å². The van der Waals surface area contributed by atoms with Crippen molar-refractivity contribution in [3.05, 3.63) is 29.8 Å². The van der Waals surface area contributed by atoms with Gasteiger partial charge in [-0.3, -0.25) is 4.99 Å². The maximum absolute atomic E-state index is 5.77. The molecule has 0 spiro atoms. The molecule has 1 fully saturated rings. The molecule has 1 aromatic rings. The number of guanidine groups is 1. The maximum Gasteiger partial charge on any atom is 0.191 e. The number of nitrogens with one attached hydrogen (secondary N) is 2. The normalized spacial score (nSPS) is 20.6. The number of likely N-dealkylation sites (tertiary alicyclic amines) is 1. The van der Waals surface area contributed by atoms with Gasteiger partial charge in [0, 0.05) is 58.9 Å². The first kappa shape index (κ1) is 23.2. The van der Waals surface area contributed by atoms with Gasteiger partial charge >= 0.3 is 0 Å². The smallest absolute Gasteiger partial charge is 0.191 e. The van der Waals surface area contributed by atoms with E-state index < -0.39 is 0 Å². The highest BCUT2D eigenvalue weighted by atomic mass is 127. The quantitative estimate of drug-likeness (QED) is 0.260. The molecule has 0 aliphatic carbocycles. The zero-order valence-corrected chi connectivity index (χ0v) is 19.5. The molecule has 2 N–H and O–H groups in total. The van der Waals surface area contributed by atoms with Gasteiger partial charge in [-0.1, -0.05) is 18.2 Å². The molecule has 3 rings (SSSR count). The predicted molar refractivity (Wildman–Crippen MR) is 125 cm³/mol. The third-order valence-corrected chi connectivity index (χ3v) is 5.57. The largest absolute Gasteiger partial charge is 0.493 e. The van der Waals surface area contributed by atoms with Crippen molar-refractivity contribution in [2.75, 3.05) is 53.6 Å². The third-order valence-electron chi connectivity index (χ3n) is 5.57. The number of para-hydroxylation sites is 1. The first-order valence-corrected chi connectivity index (χ1v) is 10.2. The number of benzene rings is 1. The Morgan fingerprint density at radius 1 is 1.25 bits per heavy atom. The zero-order valence-electron chi connectivity index (χ0n) is 17.2. The number of halogens is 1. The van der Waals surface area contributed by atoms with E-state index in [1.807, 2.05) is 13.1 Å². The number of fused-ring (bicyclic) bond motifs is 1. The van der Waals surface area contributed by atoms with E-state index in [0.29, 0.717) is 12.0 Å². The first-order chi connectivity index (χ1) is 13.3. The van der Waals surface area contributed by atoms with Crippen LogP contribution in [0.1, 0.15) is 37.2 Å². The number of nitrogens with zero attached hydrogens (tertiary/aromatic N) is 2. The van der Waals surface area contributed by atoms with E-state index in [0.717, 1.165) is 76.8 Å². The summed E-state index contributed by atoms with van der Waals surface area (Å²) in [6.45, 7) is 5.95. The zero-order chi connectivity index (χ0) is 18.9. The lowest BCUT2D eigenvalue weighted by Crippen LogP contribution is -2.49. The lowest BCUT2D eigenvalue weighted by Gasteiger charge is -2.33. The molecule has 28 heavy (non-hydrogen) atoms. The summed E-state index contributed by atoms with van der Waals surface area (Å²) in [6, 6.07) is 8.87. The van der Waals surface area contributed by atoms with Crippen LogP contribution < -0.4 is 15.4 Å². The van der Waals surface area contributed by atoms with Gasteiger partial charge in [0.15, 0.2) is 5.96 Å². The van der Waals surface area contributed by atoms with E-state index in [4.69, 9.17) is 9.47 Å². The summed E-state index contributed by atoms with van der Waals surface area (Å²) < 4.78 is 10.9. The summed E-state index contributed by atoms with van der Waals surface area (Å²) >= 11 is 0. The van der Waals surface area contributed by atoms with Crippen LogP contribution in [0, 0.1) is 0 Å². The SMILES string of the molecule is CN=C(NCC1CCOc2ccccc21)NC1CCN(CCCOC)CC1.I. The molecular weight excluding hydrogens is 467 g/mol. The van der Waals surface area contributed by atoms with E-state index in [1.165, 1.54) is 5.56 Å². The van der Waals surface area contributed by atoms with E-state index in [2.05, 4.69) is 38.7 Å². The monoisotopic (exact) mass is 502 g/mol. The Hall–Kier alpha value is -1.06. The Morgan fingerprint density at radius 3 is 2.79 bits per heavy atom. The molecule has 158 valence electrons. The molecule has 1 atom stereocenters. The Bertz CT molecular complexity index is 606. The van der Waals surface area contributed by atoms with E-state index >= 15 is 0 Å². The highest BCUT2D eigenvalue weighted by Gasteiger charge is 2.23. The minimum atomic E-state index is 0. The molecule has 1 aromatic carbocycles. The number of piperidine rings is 1. The summed E-state index contributed by atoms with van der Waals surface area (Å²) in [5, 5.41) is 7.15. The van der Waals surface area contributed by atoms with Gasteiger partial charge in [-0.05, 0) is 37.3 Å². The molecule has 7 heteroatoms. The number of hydrogen-bond donors (Lipinski definition) is 2. The van der Waals surface area contributed by atoms with Gasteiger partial charge < -0.3 is 25.0 Å². The topological polar surface area (TPSA) is 58.1 Å². The van der Waals surface area contributed by atoms with E-state index in [9.17, 15) is 0 Å². The van der Waals surface area contributed by atoms with Gasteiger partial charge in [-0.15, -0.1) is 24.0 Å². The fraction of sp³-hybridized carbons (Fsp3) is 0.667. The molecule has 0 amide bonds. The van der Waals surface area contributed by atoms with Crippen molar-refractivity contribution in [1.29, 1.82) is 0 Å². The number of hydrogen-bond acceptors (Lipinski definition) is 4. The Kier molecular flexibility index (Phi) is 10.4. The van der Waals surface area contributed by atoms with Crippen LogP contribution in [0.25, 0.3) is 0 Å². The van der Waals surface area contributed by atoms with Crippen molar-refractivity contribution in [2.45, 2.75) is 37.6 Å². The Labute approximate surface area is 186 Å². The third kappa shape index (κ3) is 6.77. The molecule has 0 aromatic heterocycles. The predicted octanol–water partition coefficient (Wildman–Crippen LogP) is 2.84. The van der Waals surface area contributed by atoms with Gasteiger partial charge in [-0.2, -0.15) is 0 Å². The van der Waals surface area contributed by atoms with Gasteiger partial charge in [0.25, 0.3) is 0 Å². The van der Waals surface area contributed by atoms with Crippen LogP contribution in [-0.4, -0.2) is 70.5 Å². The minimum Gasteiger partial charge on any atom is -0.493 e. The van der Waals surface area contributed by atoms with Crippen LogP contribution in [-0.2, 0) is 4.74 Å². The lowest BCUT2D eigenvalue weighted by atomic mass is 9.93. The molecule has 0 radical (unpaired) electrons. The highest BCUT2D eigenvalue weighted by molar-refractivity contribution is 14.0. The van der Waals surface area contributed by atoms with Crippen LogP contribution in [0.3, 0.4) is 0 Å². The van der Waals surface area contributed by atoms with Crippen LogP contribution in [0.4, 0.5) is 0 Å². The molecule has 0 saturated carbocycles. The van der Waals surface area contributed by atoms with Crippen LogP contribution in [0.5, 0.6) is 5.75 Å². The summed E-state index contributed by atoms with van der Waals surface area (Å²) in [7, 11) is 3.63. The van der Waals surface area contributed by atoms with Crippen molar-refractivity contribution >= 4 is 29.9 Å². The van der Waals surface area contributed by atoms with Gasteiger partial charge in [0.1, 0.15) is 5.75 Å². The standard InChI is InChI=1S/C21H34N4O2.HI/c1-22-21(24-18-8-12-25(13-9-18)11-5-14-26-2)23-16-17-10-15-27-20-7-4-3-6-19(17)20;/h3-4,6-7,17-18H,5,8-16H2,1-2H3,(H2,22,23,24);1H. The molecule has 2 aliphatic rings. The van der Waals surface area contributed by atoms with Crippen molar-refractivity contribution in [3.63, 3.8) is 0 Å². The Morgan fingerprint density at radius 2 is 2.04 bits per heavy atom. The lowest BCUT2D eigenvalue weighted by molar-refractivity contribution is 0.155. The fourth-order valence-corrected chi connectivity index (χ4v) is 3.97. The van der Waals surface area contributed by atoms with Crippen LogP contribution in [0.2, 0.25) is 0 Å². The van der Waals surface area contributed by atoms with Crippen molar-refractivity contribution < 1.29 is 9.47 Å². The molecule has 0 bridgehead atoms. The van der Waals surface area contributed by atoms with Crippen molar-refractivity contribution in [1.82, 2.24) is 15.5 Å². The number of methoxy groups -OCH3 is 1. The van der Waals surface area contributed by atoms with Gasteiger partial charge in [0.05, 0.1) is 6.61 Å². The van der Waals surface area contributed by atoms with Crippen LogP contribution in [0.15, 0.2) is 29.3 Å². The fourth-order valence-electron chi connectivity index (χ4n) is 3.97. The Balaban J connectivity index is 0.00000280. The van der Waals surface area contributed by atoms with Crippen LogP contribution >= 0.6 is 24.0 Å². The molecule has 6 nitrogen and oxygen atoms in total.